The number of aryl methyl sites for hydroxylation is 3. The molecule has 0 amide bonds. The van der Waals surface area contributed by atoms with Crippen LogP contribution in [0.1, 0.15) is 39.2 Å². The third kappa shape index (κ3) is 1.95. The van der Waals surface area contributed by atoms with Crippen molar-refractivity contribution in [1.29, 1.82) is 0 Å². The number of rotatable bonds is 4. The molecule has 0 aromatic carbocycles. The Morgan fingerprint density at radius 2 is 1.81 bits per heavy atom. The van der Waals surface area contributed by atoms with Crippen molar-refractivity contribution >= 4 is 22.8 Å². The monoisotopic (exact) mass is 308 g/mol. The predicted molar refractivity (Wildman–Crippen MR) is 86.7 cm³/mol. The van der Waals surface area contributed by atoms with Gasteiger partial charge in [0.2, 0.25) is 0 Å². The summed E-state index contributed by atoms with van der Waals surface area (Å²) in [6, 6.07) is 0. The van der Waals surface area contributed by atoms with Crippen LogP contribution in [0.2, 0.25) is 0 Å². The minimum absolute atomic E-state index is 0.371. The molecule has 3 rings (SSSR count). The molecule has 21 heavy (non-hydrogen) atoms. The van der Waals surface area contributed by atoms with Crippen LogP contribution >= 0.6 is 11.6 Å². The van der Waals surface area contributed by atoms with E-state index in [4.69, 9.17) is 16.6 Å². The molecule has 1 aliphatic carbocycles. The van der Waals surface area contributed by atoms with Crippen LogP contribution in [0.5, 0.6) is 0 Å². The van der Waals surface area contributed by atoms with Gasteiger partial charge in [0.05, 0.1) is 5.69 Å². The van der Waals surface area contributed by atoms with E-state index in [1.54, 1.807) is 0 Å². The van der Waals surface area contributed by atoms with Crippen LogP contribution in [0.3, 0.4) is 0 Å². The highest BCUT2D eigenvalue weighted by atomic mass is 35.5. The first-order valence-corrected chi connectivity index (χ1v) is 8.20. The van der Waals surface area contributed by atoms with Crippen molar-refractivity contribution in [3.63, 3.8) is 0 Å². The molecule has 1 aliphatic rings. The maximum absolute atomic E-state index is 5.97. The fraction of sp³-hybridized carbons (Fsp3) is 0.750. The quantitative estimate of drug-likeness (QED) is 0.810. The van der Waals surface area contributed by atoms with Gasteiger partial charge in [-0.2, -0.15) is 5.10 Å². The average Bonchev–Trinajstić information content (AvgIpc) is 2.73. The summed E-state index contributed by atoms with van der Waals surface area (Å²) in [6.45, 7) is 12.5. The zero-order valence-electron chi connectivity index (χ0n) is 13.9. The lowest BCUT2D eigenvalue weighted by Gasteiger charge is -2.10. The lowest BCUT2D eigenvalue weighted by atomic mass is 10.0. The average molecular weight is 309 g/mol. The highest BCUT2D eigenvalue weighted by molar-refractivity contribution is 6.17. The van der Waals surface area contributed by atoms with Gasteiger partial charge in [0.15, 0.2) is 5.65 Å². The fourth-order valence-electron chi connectivity index (χ4n) is 3.82. The van der Waals surface area contributed by atoms with Crippen molar-refractivity contribution in [2.75, 3.05) is 5.88 Å². The first kappa shape index (κ1) is 14.9. The maximum Gasteiger partial charge on any atom is 0.158 e. The molecule has 2 aromatic heterocycles. The SMILES string of the molecule is Cc1nn(C)c2c1nc(CCCl)n2CC1C(C)(C)C1(C)C. The van der Waals surface area contributed by atoms with Crippen molar-refractivity contribution in [2.24, 2.45) is 23.8 Å². The maximum atomic E-state index is 5.97. The number of alkyl halides is 1. The number of halogens is 1. The molecule has 0 atom stereocenters. The minimum Gasteiger partial charge on any atom is -0.313 e. The van der Waals surface area contributed by atoms with Gasteiger partial charge in [-0.3, -0.25) is 4.68 Å². The molecular formula is C16H25ClN4. The summed E-state index contributed by atoms with van der Waals surface area (Å²) < 4.78 is 4.30. The second-order valence-electron chi connectivity index (χ2n) is 7.45. The molecular weight excluding hydrogens is 284 g/mol. The first-order chi connectivity index (χ1) is 9.71. The number of hydrogen-bond donors (Lipinski definition) is 0. The second kappa shape index (κ2) is 4.48. The van der Waals surface area contributed by atoms with Crippen molar-refractivity contribution in [2.45, 2.75) is 47.6 Å². The number of imidazole rings is 1. The van der Waals surface area contributed by atoms with Gasteiger partial charge in [0, 0.05) is 25.9 Å². The Kier molecular flexibility index (Phi) is 3.18. The van der Waals surface area contributed by atoms with Gasteiger partial charge in [0.1, 0.15) is 11.3 Å². The minimum atomic E-state index is 0.371. The summed E-state index contributed by atoms with van der Waals surface area (Å²) in [7, 11) is 2.00. The van der Waals surface area contributed by atoms with E-state index < -0.39 is 0 Å². The van der Waals surface area contributed by atoms with Crippen molar-refractivity contribution in [3.8, 4) is 0 Å². The molecule has 1 fully saturated rings. The molecule has 0 unspecified atom stereocenters. The molecule has 0 spiro atoms. The largest absolute Gasteiger partial charge is 0.313 e. The third-order valence-corrected chi connectivity index (χ3v) is 6.16. The molecule has 0 saturated heterocycles. The van der Waals surface area contributed by atoms with E-state index in [9.17, 15) is 0 Å². The molecule has 2 aromatic rings. The summed E-state index contributed by atoms with van der Waals surface area (Å²) >= 11 is 5.97. The Balaban J connectivity index is 2.06. The van der Waals surface area contributed by atoms with Gasteiger partial charge in [-0.1, -0.05) is 27.7 Å². The van der Waals surface area contributed by atoms with Crippen molar-refractivity contribution < 1.29 is 0 Å². The number of hydrogen-bond acceptors (Lipinski definition) is 2. The number of nitrogens with zero attached hydrogens (tertiary/aromatic N) is 4. The summed E-state index contributed by atoms with van der Waals surface area (Å²) in [6.07, 6.45) is 0.809. The van der Waals surface area contributed by atoms with Gasteiger partial charge in [-0.05, 0) is 23.7 Å². The fourth-order valence-corrected chi connectivity index (χ4v) is 3.99. The molecule has 4 nitrogen and oxygen atoms in total. The van der Waals surface area contributed by atoms with Crippen LogP contribution in [-0.2, 0) is 20.0 Å². The molecule has 0 radical (unpaired) electrons. The van der Waals surface area contributed by atoms with Gasteiger partial charge < -0.3 is 4.57 Å². The molecule has 0 N–H and O–H groups in total. The highest BCUT2D eigenvalue weighted by Crippen LogP contribution is 2.69. The van der Waals surface area contributed by atoms with Crippen LogP contribution in [0, 0.1) is 23.7 Å². The van der Waals surface area contributed by atoms with E-state index >= 15 is 0 Å². The van der Waals surface area contributed by atoms with Gasteiger partial charge in [-0.25, -0.2) is 4.98 Å². The summed E-state index contributed by atoms with van der Waals surface area (Å²) in [5.74, 6) is 2.36. The van der Waals surface area contributed by atoms with Crippen molar-refractivity contribution in [3.05, 3.63) is 11.5 Å². The lowest BCUT2D eigenvalue weighted by molar-refractivity contribution is 0.457. The Labute approximate surface area is 131 Å². The smallest absolute Gasteiger partial charge is 0.158 e. The molecule has 5 heteroatoms. The zero-order valence-corrected chi connectivity index (χ0v) is 14.6. The molecule has 2 heterocycles. The van der Waals surface area contributed by atoms with Crippen LogP contribution < -0.4 is 0 Å². The standard InChI is InChI=1S/C16H25ClN4/c1-10-13-14(20(6)19-10)21(12(18-13)7-8-17)9-11-15(2,3)16(11,4)5/h11H,7-9H2,1-6H3. The highest BCUT2D eigenvalue weighted by Gasteiger charge is 2.64. The van der Waals surface area contributed by atoms with E-state index in [1.165, 1.54) is 0 Å². The lowest BCUT2D eigenvalue weighted by Crippen LogP contribution is -2.11. The van der Waals surface area contributed by atoms with Crippen LogP contribution in [0.4, 0.5) is 0 Å². The van der Waals surface area contributed by atoms with Crippen LogP contribution in [0.25, 0.3) is 11.2 Å². The van der Waals surface area contributed by atoms with Crippen LogP contribution in [0.15, 0.2) is 0 Å². The van der Waals surface area contributed by atoms with Crippen molar-refractivity contribution in [1.82, 2.24) is 19.3 Å². The van der Waals surface area contributed by atoms with E-state index in [0.717, 1.165) is 35.6 Å². The van der Waals surface area contributed by atoms with Crippen LogP contribution in [-0.4, -0.2) is 25.2 Å². The Morgan fingerprint density at radius 3 is 2.33 bits per heavy atom. The summed E-state index contributed by atoms with van der Waals surface area (Å²) in [5, 5.41) is 4.51. The Bertz CT molecular complexity index is 679. The third-order valence-electron chi connectivity index (χ3n) is 5.97. The number of fused-ring (bicyclic) bond motifs is 1. The normalized spacial score (nSPS) is 20.3. The number of aromatic nitrogens is 4. The topological polar surface area (TPSA) is 35.6 Å². The Hall–Kier alpha value is -1.03. The van der Waals surface area contributed by atoms with Gasteiger partial charge in [-0.15, -0.1) is 11.6 Å². The zero-order chi connectivity index (χ0) is 15.6. The molecule has 0 aliphatic heterocycles. The van der Waals surface area contributed by atoms with Gasteiger partial charge >= 0.3 is 0 Å². The molecule has 116 valence electrons. The molecule has 0 bridgehead atoms. The predicted octanol–water partition coefficient (Wildman–Crippen LogP) is 3.54. The summed E-state index contributed by atoms with van der Waals surface area (Å²) in [5.41, 5.74) is 3.89. The van der Waals surface area contributed by atoms with E-state index in [1.807, 2.05) is 18.7 Å². The van der Waals surface area contributed by atoms with E-state index in [2.05, 4.69) is 37.4 Å². The molecule has 1 saturated carbocycles. The summed E-state index contributed by atoms with van der Waals surface area (Å²) in [4.78, 5) is 4.79. The van der Waals surface area contributed by atoms with Gasteiger partial charge in [0.25, 0.3) is 0 Å². The van der Waals surface area contributed by atoms with E-state index in [-0.39, 0.29) is 0 Å². The Morgan fingerprint density at radius 1 is 1.19 bits per heavy atom. The second-order valence-corrected chi connectivity index (χ2v) is 7.83. The first-order valence-electron chi connectivity index (χ1n) is 7.66. The van der Waals surface area contributed by atoms with E-state index in [0.29, 0.717) is 22.6 Å².